The number of thiophene rings is 1. The van der Waals surface area contributed by atoms with Gasteiger partial charge in [0.2, 0.25) is 0 Å². The van der Waals surface area contributed by atoms with Gasteiger partial charge in [-0.15, -0.1) is 11.3 Å². The van der Waals surface area contributed by atoms with Crippen molar-refractivity contribution in [1.29, 1.82) is 0 Å². The normalized spacial score (nSPS) is 14.0. The smallest absolute Gasteiger partial charge is 0.410 e. The lowest BCUT2D eigenvalue weighted by Crippen LogP contribution is -2.39. The van der Waals surface area contributed by atoms with E-state index < -0.39 is 5.60 Å². The van der Waals surface area contributed by atoms with Crippen molar-refractivity contribution in [2.24, 2.45) is 0 Å². The average Bonchev–Trinajstić information content (AvgIpc) is 3.14. The van der Waals surface area contributed by atoms with Crippen LogP contribution in [-0.2, 0) is 24.1 Å². The minimum atomic E-state index is -0.514. The summed E-state index contributed by atoms with van der Waals surface area (Å²) in [5.41, 5.74) is 1.64. The molecule has 0 radical (unpaired) electrons. The number of fused-ring (bicyclic) bond motifs is 1. The van der Waals surface area contributed by atoms with E-state index in [0.29, 0.717) is 29.5 Å². The van der Waals surface area contributed by atoms with Gasteiger partial charge in [0.25, 0.3) is 5.91 Å². The van der Waals surface area contributed by atoms with E-state index in [0.717, 1.165) is 17.0 Å². The summed E-state index contributed by atoms with van der Waals surface area (Å²) in [5.74, 6) is -0.127. The van der Waals surface area contributed by atoms with Crippen LogP contribution in [0.3, 0.4) is 0 Å². The van der Waals surface area contributed by atoms with Gasteiger partial charge < -0.3 is 9.64 Å². The van der Waals surface area contributed by atoms with Gasteiger partial charge in [0, 0.05) is 22.7 Å². The maximum Gasteiger partial charge on any atom is 0.410 e. The van der Waals surface area contributed by atoms with E-state index in [1.807, 2.05) is 33.8 Å². The van der Waals surface area contributed by atoms with Gasteiger partial charge in [0.1, 0.15) is 5.60 Å². The molecule has 0 aromatic carbocycles. The number of nitrogens with zero attached hydrogens (tertiary/aromatic N) is 2. The Labute approximate surface area is 167 Å². The Morgan fingerprint density at radius 2 is 2.07 bits per heavy atom. The van der Waals surface area contributed by atoms with E-state index in [4.69, 9.17) is 4.74 Å². The van der Waals surface area contributed by atoms with Crippen LogP contribution in [-0.4, -0.2) is 34.0 Å². The highest BCUT2D eigenvalue weighted by atomic mass is 32.1. The number of carbonyl (C=O) groups excluding carboxylic acids is 2. The van der Waals surface area contributed by atoms with Crippen molar-refractivity contribution in [3.05, 3.63) is 32.0 Å². The van der Waals surface area contributed by atoms with E-state index in [1.165, 1.54) is 33.1 Å². The largest absolute Gasteiger partial charge is 0.444 e. The Bertz CT molecular complexity index is 864. The number of thiazole rings is 1. The van der Waals surface area contributed by atoms with Crippen LogP contribution in [0.2, 0.25) is 0 Å². The van der Waals surface area contributed by atoms with Gasteiger partial charge >= 0.3 is 6.09 Å². The second-order valence-corrected chi connectivity index (χ2v) is 9.88. The zero-order chi connectivity index (χ0) is 19.8. The molecular weight excluding hydrogens is 382 g/mol. The Morgan fingerprint density at radius 1 is 1.33 bits per heavy atom. The fraction of sp³-hybridized carbons (Fsp3) is 0.526. The van der Waals surface area contributed by atoms with E-state index in [-0.39, 0.29) is 12.0 Å². The summed E-state index contributed by atoms with van der Waals surface area (Å²) in [5, 5.41) is 3.49. The number of amides is 2. The monoisotopic (exact) mass is 407 g/mol. The standard InChI is InChI=1S/C19H25N3O3S2/c1-6-12-9-14(26-11(12)2)16(23)21-17-20-13-7-8-22(10-15(13)27-17)18(24)25-19(3,4)5/h9H,6-8,10H2,1-5H3,(H,20,21,23). The Hall–Kier alpha value is -1.93. The summed E-state index contributed by atoms with van der Waals surface area (Å²) in [6.45, 7) is 10.7. The maximum atomic E-state index is 12.5. The van der Waals surface area contributed by atoms with Crippen molar-refractivity contribution in [2.75, 3.05) is 11.9 Å². The zero-order valence-electron chi connectivity index (χ0n) is 16.3. The minimum Gasteiger partial charge on any atom is -0.444 e. The van der Waals surface area contributed by atoms with Gasteiger partial charge in [0.15, 0.2) is 5.13 Å². The van der Waals surface area contributed by atoms with E-state index in [9.17, 15) is 9.59 Å². The summed E-state index contributed by atoms with van der Waals surface area (Å²) in [6.07, 6.45) is 1.27. The molecule has 0 spiro atoms. The van der Waals surface area contributed by atoms with Gasteiger partial charge in [-0.05, 0) is 45.7 Å². The molecule has 0 atom stereocenters. The first kappa shape index (κ1) is 19.8. The summed E-state index contributed by atoms with van der Waals surface area (Å²) in [7, 11) is 0. The van der Waals surface area contributed by atoms with Crippen molar-refractivity contribution in [3.63, 3.8) is 0 Å². The molecule has 0 saturated carbocycles. The fourth-order valence-electron chi connectivity index (χ4n) is 2.87. The average molecular weight is 408 g/mol. The van der Waals surface area contributed by atoms with Gasteiger partial charge in [-0.1, -0.05) is 18.3 Å². The quantitative estimate of drug-likeness (QED) is 0.806. The molecule has 8 heteroatoms. The number of aryl methyl sites for hydroxylation is 2. The molecule has 2 aromatic heterocycles. The van der Waals surface area contributed by atoms with Crippen molar-refractivity contribution in [3.8, 4) is 0 Å². The van der Waals surface area contributed by atoms with Crippen LogP contribution in [0.1, 0.15) is 58.4 Å². The number of hydrogen-bond acceptors (Lipinski definition) is 6. The molecule has 0 aliphatic carbocycles. The van der Waals surface area contributed by atoms with Gasteiger partial charge in [-0.25, -0.2) is 9.78 Å². The van der Waals surface area contributed by atoms with Crippen LogP contribution in [0.4, 0.5) is 9.93 Å². The lowest BCUT2D eigenvalue weighted by Gasteiger charge is -2.29. The molecule has 3 rings (SSSR count). The predicted octanol–water partition coefficient (Wildman–Crippen LogP) is 4.62. The Balaban J connectivity index is 1.67. The van der Waals surface area contributed by atoms with E-state index >= 15 is 0 Å². The maximum absolute atomic E-state index is 12.5. The molecule has 6 nitrogen and oxygen atoms in total. The van der Waals surface area contributed by atoms with E-state index in [2.05, 4.69) is 17.2 Å². The molecular formula is C19H25N3O3S2. The molecule has 2 aromatic rings. The van der Waals surface area contributed by atoms with Crippen LogP contribution in [0.25, 0.3) is 0 Å². The van der Waals surface area contributed by atoms with Crippen LogP contribution in [0.5, 0.6) is 0 Å². The molecule has 0 bridgehead atoms. The first-order valence-electron chi connectivity index (χ1n) is 9.03. The summed E-state index contributed by atoms with van der Waals surface area (Å²) >= 11 is 2.93. The van der Waals surface area contributed by atoms with Crippen LogP contribution >= 0.6 is 22.7 Å². The molecule has 1 N–H and O–H groups in total. The van der Waals surface area contributed by atoms with Crippen LogP contribution in [0.15, 0.2) is 6.07 Å². The number of hydrogen-bond donors (Lipinski definition) is 1. The zero-order valence-corrected chi connectivity index (χ0v) is 18.0. The van der Waals surface area contributed by atoms with Gasteiger partial charge in [-0.3, -0.25) is 10.1 Å². The SMILES string of the molecule is CCc1cc(C(=O)Nc2nc3c(s2)CN(C(=O)OC(C)(C)C)CC3)sc1C. The highest BCUT2D eigenvalue weighted by Gasteiger charge is 2.28. The number of nitrogens with one attached hydrogen (secondary N) is 1. The molecule has 2 amide bonds. The lowest BCUT2D eigenvalue weighted by atomic mass is 10.2. The number of anilines is 1. The Kier molecular flexibility index (Phi) is 5.58. The molecule has 1 aliphatic heterocycles. The molecule has 27 heavy (non-hydrogen) atoms. The summed E-state index contributed by atoms with van der Waals surface area (Å²) in [6, 6.07) is 1.95. The van der Waals surface area contributed by atoms with Crippen LogP contribution in [0, 0.1) is 6.92 Å². The second-order valence-electron chi connectivity index (χ2n) is 7.54. The third-order valence-corrected chi connectivity index (χ3v) is 6.32. The molecule has 146 valence electrons. The second kappa shape index (κ2) is 7.59. The van der Waals surface area contributed by atoms with Crippen molar-refractivity contribution in [1.82, 2.24) is 9.88 Å². The number of ether oxygens (including phenoxy) is 1. The summed E-state index contributed by atoms with van der Waals surface area (Å²) in [4.78, 5) is 33.9. The predicted molar refractivity (Wildman–Crippen MR) is 109 cm³/mol. The minimum absolute atomic E-state index is 0.127. The first-order valence-corrected chi connectivity index (χ1v) is 10.7. The molecule has 1 aliphatic rings. The molecule has 0 unspecified atom stereocenters. The molecule has 3 heterocycles. The van der Waals surface area contributed by atoms with Gasteiger partial charge in [-0.2, -0.15) is 0 Å². The van der Waals surface area contributed by atoms with Gasteiger partial charge in [0.05, 0.1) is 17.1 Å². The van der Waals surface area contributed by atoms with Crippen molar-refractivity contribution in [2.45, 2.75) is 59.6 Å². The number of rotatable bonds is 3. The third-order valence-electron chi connectivity index (χ3n) is 4.23. The number of carbonyl (C=O) groups is 2. The lowest BCUT2D eigenvalue weighted by molar-refractivity contribution is 0.0225. The highest BCUT2D eigenvalue weighted by Crippen LogP contribution is 2.30. The highest BCUT2D eigenvalue weighted by molar-refractivity contribution is 7.16. The van der Waals surface area contributed by atoms with Crippen LogP contribution < -0.4 is 5.32 Å². The van der Waals surface area contributed by atoms with Crippen molar-refractivity contribution >= 4 is 39.8 Å². The topological polar surface area (TPSA) is 71.5 Å². The number of aromatic nitrogens is 1. The fourth-order valence-corrected chi connectivity index (χ4v) is 4.90. The van der Waals surface area contributed by atoms with E-state index in [1.54, 1.807) is 4.90 Å². The third kappa shape index (κ3) is 4.68. The van der Waals surface area contributed by atoms with Crippen molar-refractivity contribution < 1.29 is 14.3 Å². The Morgan fingerprint density at radius 3 is 2.70 bits per heavy atom. The first-order chi connectivity index (χ1) is 12.7. The molecule has 0 saturated heterocycles. The molecule has 0 fully saturated rings. The summed E-state index contributed by atoms with van der Waals surface area (Å²) < 4.78 is 5.45.